The molecule has 1 saturated heterocycles. The fourth-order valence-corrected chi connectivity index (χ4v) is 2.35. The minimum Gasteiger partial charge on any atom is -0.456 e. The van der Waals surface area contributed by atoms with Gasteiger partial charge >= 0.3 is 17.6 Å². The molecule has 1 aromatic rings. The van der Waals surface area contributed by atoms with Gasteiger partial charge in [0.15, 0.2) is 18.4 Å². The third kappa shape index (κ3) is 3.47. The number of nitrogens with zero attached hydrogens (tertiary/aromatic N) is 1. The Morgan fingerprint density at radius 1 is 1.22 bits per heavy atom. The van der Waals surface area contributed by atoms with E-state index < -0.39 is 53.5 Å². The molecule has 2 heterocycles. The summed E-state index contributed by atoms with van der Waals surface area (Å²) < 4.78 is 29.8. The Hall–Kier alpha value is -2.49. The summed E-state index contributed by atoms with van der Waals surface area (Å²) in [5, 5.41) is 0. The van der Waals surface area contributed by atoms with Crippen molar-refractivity contribution < 1.29 is 28.2 Å². The van der Waals surface area contributed by atoms with Crippen LogP contribution in [0.25, 0.3) is 0 Å². The topological polar surface area (TPSA) is 117 Å². The van der Waals surface area contributed by atoms with Crippen LogP contribution < -0.4 is 11.2 Å². The van der Waals surface area contributed by atoms with Gasteiger partial charge < -0.3 is 14.2 Å². The molecule has 0 saturated carbocycles. The summed E-state index contributed by atoms with van der Waals surface area (Å²) in [6.45, 7) is 3.83. The maximum atomic E-state index is 13.5. The highest BCUT2D eigenvalue weighted by molar-refractivity contribution is 5.67. The van der Waals surface area contributed by atoms with Crippen LogP contribution in [0.5, 0.6) is 0 Å². The zero-order valence-corrected chi connectivity index (χ0v) is 12.6. The average Bonchev–Trinajstić information content (AvgIpc) is 2.70. The van der Waals surface area contributed by atoms with E-state index in [1.165, 1.54) is 6.92 Å². The first-order valence-corrected chi connectivity index (χ1v) is 6.71. The molecule has 4 atom stereocenters. The molecule has 4 unspecified atom stereocenters. The van der Waals surface area contributed by atoms with Gasteiger partial charge in [0.2, 0.25) is 5.82 Å². The number of rotatable bonds is 3. The fourth-order valence-electron chi connectivity index (χ4n) is 2.35. The van der Waals surface area contributed by atoms with Crippen molar-refractivity contribution in [3.63, 3.8) is 0 Å². The van der Waals surface area contributed by atoms with Crippen molar-refractivity contribution >= 4 is 11.9 Å². The lowest BCUT2D eigenvalue weighted by Crippen LogP contribution is -2.41. The zero-order valence-electron chi connectivity index (χ0n) is 12.6. The molecule has 1 aromatic heterocycles. The van der Waals surface area contributed by atoms with Gasteiger partial charge in [-0.3, -0.25) is 23.9 Å². The van der Waals surface area contributed by atoms with Gasteiger partial charge in [0.1, 0.15) is 0 Å². The van der Waals surface area contributed by atoms with Gasteiger partial charge in [-0.2, -0.15) is 4.39 Å². The van der Waals surface area contributed by atoms with Crippen LogP contribution >= 0.6 is 0 Å². The van der Waals surface area contributed by atoms with E-state index in [-0.39, 0.29) is 0 Å². The van der Waals surface area contributed by atoms with Crippen molar-refractivity contribution in [1.82, 2.24) is 9.55 Å². The largest absolute Gasteiger partial charge is 0.456 e. The number of carbonyl (C=O) groups excluding carboxylic acids is 2. The fraction of sp³-hybridized carbons (Fsp3) is 0.538. The van der Waals surface area contributed by atoms with Crippen LogP contribution in [0.4, 0.5) is 4.39 Å². The number of aromatic amines is 1. The maximum absolute atomic E-state index is 13.5. The lowest BCUT2D eigenvalue weighted by Gasteiger charge is -2.23. The van der Waals surface area contributed by atoms with Crippen molar-refractivity contribution in [2.24, 2.45) is 0 Å². The van der Waals surface area contributed by atoms with Gasteiger partial charge in [-0.1, -0.05) is 0 Å². The Kier molecular flexibility index (Phi) is 4.64. The van der Waals surface area contributed by atoms with E-state index >= 15 is 0 Å². The summed E-state index contributed by atoms with van der Waals surface area (Å²) in [7, 11) is 0. The van der Waals surface area contributed by atoms with Gasteiger partial charge in [0.25, 0.3) is 5.56 Å². The second kappa shape index (κ2) is 6.32. The molecule has 0 spiro atoms. The van der Waals surface area contributed by atoms with Gasteiger partial charge in [-0.25, -0.2) is 4.79 Å². The maximum Gasteiger partial charge on any atom is 0.330 e. The summed E-state index contributed by atoms with van der Waals surface area (Å²) in [5.41, 5.74) is -2.13. The SMILES string of the molecule is CC(=O)OC1C(C)OC(n2cc(F)c(=O)[nH]c2=O)C1OC(C)=O. The Morgan fingerprint density at radius 3 is 2.35 bits per heavy atom. The van der Waals surface area contributed by atoms with Crippen LogP contribution in [0.1, 0.15) is 27.0 Å². The number of ether oxygens (including phenoxy) is 3. The van der Waals surface area contributed by atoms with E-state index in [0.717, 1.165) is 18.4 Å². The highest BCUT2D eigenvalue weighted by Gasteiger charge is 2.48. The molecule has 0 amide bonds. The van der Waals surface area contributed by atoms with Crippen LogP contribution in [0.2, 0.25) is 0 Å². The number of hydrogen-bond acceptors (Lipinski definition) is 7. The molecule has 1 N–H and O–H groups in total. The molecule has 0 radical (unpaired) electrons. The van der Waals surface area contributed by atoms with E-state index in [4.69, 9.17) is 14.2 Å². The van der Waals surface area contributed by atoms with Crippen molar-refractivity contribution in [1.29, 1.82) is 0 Å². The minimum absolute atomic E-state index is 0.636. The second-order valence-electron chi connectivity index (χ2n) is 5.02. The van der Waals surface area contributed by atoms with Crippen LogP contribution in [0.3, 0.4) is 0 Å². The summed E-state index contributed by atoms with van der Waals surface area (Å²) >= 11 is 0. The number of halogens is 1. The van der Waals surface area contributed by atoms with E-state index in [1.807, 2.05) is 0 Å². The third-order valence-electron chi connectivity index (χ3n) is 3.22. The monoisotopic (exact) mass is 330 g/mol. The average molecular weight is 330 g/mol. The molecule has 23 heavy (non-hydrogen) atoms. The first kappa shape index (κ1) is 16.9. The summed E-state index contributed by atoms with van der Waals surface area (Å²) in [6, 6.07) is 0. The molecule has 0 aromatic carbocycles. The van der Waals surface area contributed by atoms with E-state index in [1.54, 1.807) is 4.98 Å². The molecule has 1 aliphatic rings. The predicted molar refractivity (Wildman–Crippen MR) is 72.0 cm³/mol. The number of H-pyrrole nitrogens is 1. The second-order valence-corrected chi connectivity index (χ2v) is 5.02. The highest BCUT2D eigenvalue weighted by Crippen LogP contribution is 2.32. The first-order valence-electron chi connectivity index (χ1n) is 6.71. The smallest absolute Gasteiger partial charge is 0.330 e. The number of carbonyl (C=O) groups is 2. The Labute approximate surface area is 129 Å². The Bertz CT molecular complexity index is 741. The van der Waals surface area contributed by atoms with Crippen molar-refractivity contribution in [2.45, 2.75) is 45.3 Å². The van der Waals surface area contributed by atoms with Gasteiger partial charge in [-0.05, 0) is 6.92 Å². The number of nitrogens with one attached hydrogen (secondary N) is 1. The molecule has 1 aliphatic heterocycles. The normalized spacial score (nSPS) is 26.8. The van der Waals surface area contributed by atoms with Crippen molar-refractivity contribution in [2.75, 3.05) is 0 Å². The molecule has 1 fully saturated rings. The molecular formula is C13H15FN2O7. The van der Waals surface area contributed by atoms with Gasteiger partial charge in [0, 0.05) is 13.8 Å². The van der Waals surface area contributed by atoms with E-state index in [9.17, 15) is 23.6 Å². The highest BCUT2D eigenvalue weighted by atomic mass is 19.1. The number of aromatic nitrogens is 2. The number of esters is 2. The zero-order chi connectivity index (χ0) is 17.3. The molecule has 0 bridgehead atoms. The Morgan fingerprint density at radius 2 is 1.78 bits per heavy atom. The van der Waals surface area contributed by atoms with Crippen LogP contribution in [-0.2, 0) is 23.8 Å². The van der Waals surface area contributed by atoms with Crippen molar-refractivity contribution in [3.05, 3.63) is 32.9 Å². The predicted octanol–water partition coefficient (Wildman–Crippen LogP) is -0.544. The van der Waals surface area contributed by atoms with Gasteiger partial charge in [-0.15, -0.1) is 0 Å². The van der Waals surface area contributed by atoms with E-state index in [2.05, 4.69) is 0 Å². The quantitative estimate of drug-likeness (QED) is 0.739. The standard InChI is InChI=1S/C13H15FN2O7/c1-5-9(22-6(2)17)10(23-7(3)18)12(21-5)16-4-8(14)11(19)15-13(16)20/h4-5,9-10,12H,1-3H3,(H,15,19,20). The van der Waals surface area contributed by atoms with Crippen LogP contribution in [-0.4, -0.2) is 39.8 Å². The molecular weight excluding hydrogens is 315 g/mol. The Balaban J connectivity index is 2.45. The summed E-state index contributed by atoms with van der Waals surface area (Å²) in [4.78, 5) is 47.2. The summed E-state index contributed by atoms with van der Waals surface area (Å²) in [5.74, 6) is -2.55. The molecule has 9 nitrogen and oxygen atoms in total. The molecule has 10 heteroatoms. The third-order valence-corrected chi connectivity index (χ3v) is 3.22. The molecule has 2 rings (SSSR count). The molecule has 126 valence electrons. The van der Waals surface area contributed by atoms with E-state index in [0.29, 0.717) is 6.20 Å². The summed E-state index contributed by atoms with van der Waals surface area (Å²) in [6.07, 6.45) is -3.49. The van der Waals surface area contributed by atoms with Gasteiger partial charge in [0.05, 0.1) is 12.3 Å². The number of hydrogen-bond donors (Lipinski definition) is 1. The lowest BCUT2D eigenvalue weighted by molar-refractivity contribution is -0.165. The molecule has 0 aliphatic carbocycles. The van der Waals surface area contributed by atoms with Crippen LogP contribution in [0, 0.1) is 5.82 Å². The minimum atomic E-state index is -1.25. The first-order chi connectivity index (χ1) is 10.7. The lowest BCUT2D eigenvalue weighted by atomic mass is 10.1. The van der Waals surface area contributed by atoms with Crippen LogP contribution in [0.15, 0.2) is 15.8 Å². The van der Waals surface area contributed by atoms with Crippen molar-refractivity contribution in [3.8, 4) is 0 Å².